The van der Waals surface area contributed by atoms with Crippen LogP contribution in [0.2, 0.25) is 0 Å². The number of halogens is 1. The average Bonchev–Trinajstić information content (AvgIpc) is 2.51. The third-order valence-corrected chi connectivity index (χ3v) is 3.58. The normalized spacial score (nSPS) is 10.2. The number of aromatic carboxylic acids is 1. The first-order valence-corrected chi connectivity index (χ1v) is 7.83. The van der Waals surface area contributed by atoms with Crippen molar-refractivity contribution in [3.8, 4) is 5.75 Å². The number of carboxylic acid groups (broad SMARTS) is 1. The van der Waals surface area contributed by atoms with Crippen molar-refractivity contribution in [2.75, 3.05) is 11.9 Å². The van der Waals surface area contributed by atoms with E-state index in [0.717, 1.165) is 11.3 Å². The smallest absolute Gasteiger partial charge is 0.337 e. The Hall–Kier alpha value is -2.34. The summed E-state index contributed by atoms with van der Waals surface area (Å²) < 4.78 is 5.98. The number of hydrogen-bond acceptors (Lipinski definition) is 3. The van der Waals surface area contributed by atoms with Crippen molar-refractivity contribution < 1.29 is 19.4 Å². The standard InChI is InChI=1S/C17H16BrNO4/c1-2-23-13-6-3-11(4-7-13)9-16(20)19-15-8-5-12(18)10-14(15)17(21)22/h3-8,10H,2,9H2,1H3,(H,19,20)(H,21,22). The van der Waals surface area contributed by atoms with Gasteiger partial charge in [-0.1, -0.05) is 28.1 Å². The van der Waals surface area contributed by atoms with E-state index in [9.17, 15) is 14.7 Å². The van der Waals surface area contributed by atoms with Crippen molar-refractivity contribution >= 4 is 33.5 Å². The van der Waals surface area contributed by atoms with Crippen LogP contribution in [0.4, 0.5) is 5.69 Å². The Balaban J connectivity index is 2.06. The molecule has 2 aromatic carbocycles. The van der Waals surface area contributed by atoms with Gasteiger partial charge in [0.25, 0.3) is 0 Å². The highest BCUT2D eigenvalue weighted by Gasteiger charge is 2.13. The van der Waals surface area contributed by atoms with E-state index in [-0.39, 0.29) is 23.6 Å². The van der Waals surface area contributed by atoms with Crippen LogP contribution in [0, 0.1) is 0 Å². The molecule has 0 heterocycles. The van der Waals surface area contributed by atoms with Gasteiger partial charge in [-0.05, 0) is 42.8 Å². The first-order valence-electron chi connectivity index (χ1n) is 7.04. The number of rotatable bonds is 6. The molecule has 0 bridgehead atoms. The van der Waals surface area contributed by atoms with E-state index in [1.165, 1.54) is 6.07 Å². The molecule has 0 spiro atoms. The second kappa shape index (κ2) is 7.78. The van der Waals surface area contributed by atoms with Gasteiger partial charge in [-0.15, -0.1) is 0 Å². The topological polar surface area (TPSA) is 75.6 Å². The van der Waals surface area contributed by atoms with Gasteiger partial charge in [0.1, 0.15) is 5.75 Å². The highest BCUT2D eigenvalue weighted by molar-refractivity contribution is 9.10. The molecule has 2 aromatic rings. The van der Waals surface area contributed by atoms with Crippen LogP contribution in [0.3, 0.4) is 0 Å². The van der Waals surface area contributed by atoms with Crippen LogP contribution >= 0.6 is 15.9 Å². The highest BCUT2D eigenvalue weighted by atomic mass is 79.9. The molecule has 120 valence electrons. The molecule has 0 atom stereocenters. The van der Waals surface area contributed by atoms with Gasteiger partial charge >= 0.3 is 5.97 Å². The van der Waals surface area contributed by atoms with Gasteiger partial charge < -0.3 is 15.2 Å². The maximum Gasteiger partial charge on any atom is 0.337 e. The third kappa shape index (κ3) is 4.82. The third-order valence-electron chi connectivity index (χ3n) is 3.09. The molecule has 0 aromatic heterocycles. The number of amides is 1. The van der Waals surface area contributed by atoms with Crippen LogP contribution in [0.5, 0.6) is 5.75 Å². The fraction of sp³-hybridized carbons (Fsp3) is 0.176. The SMILES string of the molecule is CCOc1ccc(CC(=O)Nc2ccc(Br)cc2C(=O)O)cc1. The molecule has 0 saturated carbocycles. The Bertz CT molecular complexity index is 713. The summed E-state index contributed by atoms with van der Waals surface area (Å²) in [4.78, 5) is 23.3. The molecule has 0 aliphatic rings. The van der Waals surface area contributed by atoms with Crippen molar-refractivity contribution in [2.45, 2.75) is 13.3 Å². The van der Waals surface area contributed by atoms with Crippen molar-refractivity contribution in [2.24, 2.45) is 0 Å². The largest absolute Gasteiger partial charge is 0.494 e. The number of ether oxygens (including phenoxy) is 1. The van der Waals surface area contributed by atoms with Crippen LogP contribution in [0.1, 0.15) is 22.8 Å². The molecule has 1 amide bonds. The Morgan fingerprint density at radius 1 is 1.17 bits per heavy atom. The minimum absolute atomic E-state index is 0.0411. The van der Waals surface area contributed by atoms with Crippen LogP contribution in [0.15, 0.2) is 46.9 Å². The number of nitrogens with one attached hydrogen (secondary N) is 1. The number of carbonyl (C=O) groups excluding carboxylic acids is 1. The Morgan fingerprint density at radius 3 is 2.48 bits per heavy atom. The summed E-state index contributed by atoms with van der Waals surface area (Å²) >= 11 is 3.22. The van der Waals surface area contributed by atoms with Crippen molar-refractivity contribution in [1.82, 2.24) is 0 Å². The zero-order chi connectivity index (χ0) is 16.8. The van der Waals surface area contributed by atoms with Gasteiger partial charge in [0.2, 0.25) is 5.91 Å². The summed E-state index contributed by atoms with van der Waals surface area (Å²) in [5, 5.41) is 11.8. The minimum Gasteiger partial charge on any atom is -0.494 e. The van der Waals surface area contributed by atoms with Crippen LogP contribution in [-0.2, 0) is 11.2 Å². The molecule has 0 saturated heterocycles. The summed E-state index contributed by atoms with van der Waals surface area (Å²) in [7, 11) is 0. The lowest BCUT2D eigenvalue weighted by atomic mass is 10.1. The van der Waals surface area contributed by atoms with Gasteiger partial charge in [-0.25, -0.2) is 4.79 Å². The second-order valence-electron chi connectivity index (χ2n) is 4.80. The number of carboxylic acids is 1. The predicted octanol–water partition coefficient (Wildman–Crippen LogP) is 3.73. The maximum atomic E-state index is 12.1. The molecule has 0 aliphatic heterocycles. The summed E-state index contributed by atoms with van der Waals surface area (Å²) in [5.74, 6) is -0.626. The van der Waals surface area contributed by atoms with Crippen LogP contribution in [0.25, 0.3) is 0 Å². The summed E-state index contributed by atoms with van der Waals surface area (Å²) in [6.45, 7) is 2.49. The molecule has 5 nitrogen and oxygen atoms in total. The predicted molar refractivity (Wildman–Crippen MR) is 91.0 cm³/mol. The zero-order valence-corrected chi connectivity index (χ0v) is 14.1. The average molecular weight is 378 g/mol. The first kappa shape index (κ1) is 17.0. The van der Waals surface area contributed by atoms with E-state index in [1.54, 1.807) is 24.3 Å². The Labute approximate surface area is 142 Å². The van der Waals surface area contributed by atoms with Gasteiger partial charge in [-0.2, -0.15) is 0 Å². The van der Waals surface area contributed by atoms with E-state index in [0.29, 0.717) is 11.1 Å². The minimum atomic E-state index is -1.09. The van der Waals surface area contributed by atoms with Gasteiger partial charge in [0.15, 0.2) is 0 Å². The monoisotopic (exact) mass is 377 g/mol. The quantitative estimate of drug-likeness (QED) is 0.803. The molecule has 0 fully saturated rings. The van der Waals surface area contributed by atoms with E-state index < -0.39 is 5.97 Å². The van der Waals surface area contributed by atoms with Gasteiger partial charge in [0.05, 0.1) is 24.3 Å². The number of benzene rings is 2. The first-order chi connectivity index (χ1) is 11.0. The molecule has 2 N–H and O–H groups in total. The number of hydrogen-bond donors (Lipinski definition) is 2. The molecule has 0 unspecified atom stereocenters. The van der Waals surface area contributed by atoms with Crippen LogP contribution in [-0.4, -0.2) is 23.6 Å². The van der Waals surface area contributed by atoms with Gasteiger partial charge in [-0.3, -0.25) is 4.79 Å². The molecular formula is C17H16BrNO4. The van der Waals surface area contributed by atoms with Gasteiger partial charge in [0, 0.05) is 4.47 Å². The Morgan fingerprint density at radius 2 is 1.87 bits per heavy atom. The van der Waals surface area contributed by atoms with E-state index >= 15 is 0 Å². The van der Waals surface area contributed by atoms with Crippen LogP contribution < -0.4 is 10.1 Å². The fourth-order valence-corrected chi connectivity index (χ4v) is 2.41. The highest BCUT2D eigenvalue weighted by Crippen LogP contribution is 2.21. The van der Waals surface area contributed by atoms with E-state index in [2.05, 4.69) is 21.2 Å². The maximum absolute atomic E-state index is 12.1. The Kier molecular flexibility index (Phi) is 5.76. The molecule has 0 aliphatic carbocycles. The molecule has 2 rings (SSSR count). The number of anilines is 1. The molecule has 23 heavy (non-hydrogen) atoms. The van der Waals surface area contributed by atoms with Crippen molar-refractivity contribution in [3.63, 3.8) is 0 Å². The lowest BCUT2D eigenvalue weighted by Crippen LogP contribution is -2.16. The van der Waals surface area contributed by atoms with E-state index in [4.69, 9.17) is 4.74 Å². The van der Waals surface area contributed by atoms with Crippen molar-refractivity contribution in [1.29, 1.82) is 0 Å². The lowest BCUT2D eigenvalue weighted by Gasteiger charge is -2.09. The molecule has 6 heteroatoms. The second-order valence-corrected chi connectivity index (χ2v) is 5.71. The fourth-order valence-electron chi connectivity index (χ4n) is 2.05. The molecular weight excluding hydrogens is 362 g/mol. The number of carbonyl (C=O) groups is 2. The lowest BCUT2D eigenvalue weighted by molar-refractivity contribution is -0.115. The summed E-state index contributed by atoms with van der Waals surface area (Å²) in [6.07, 6.45) is 0.154. The van der Waals surface area contributed by atoms with E-state index in [1.807, 2.05) is 19.1 Å². The summed E-state index contributed by atoms with van der Waals surface area (Å²) in [5.41, 5.74) is 1.14. The molecule has 0 radical (unpaired) electrons. The zero-order valence-electron chi connectivity index (χ0n) is 12.5. The summed E-state index contributed by atoms with van der Waals surface area (Å²) in [6, 6.07) is 11.9. The van der Waals surface area contributed by atoms with Crippen molar-refractivity contribution in [3.05, 3.63) is 58.1 Å².